The van der Waals surface area contributed by atoms with Gasteiger partial charge in [0.15, 0.2) is 0 Å². The summed E-state index contributed by atoms with van der Waals surface area (Å²) in [4.78, 5) is 0. The molecule has 0 radical (unpaired) electrons. The first-order chi connectivity index (χ1) is 8.50. The molecule has 0 amide bonds. The van der Waals surface area contributed by atoms with E-state index in [4.69, 9.17) is 5.73 Å². The summed E-state index contributed by atoms with van der Waals surface area (Å²) in [6.45, 7) is 4.57. The van der Waals surface area contributed by atoms with Gasteiger partial charge in [0.25, 0.3) is 0 Å². The van der Waals surface area contributed by atoms with Crippen molar-refractivity contribution >= 4 is 0 Å². The van der Waals surface area contributed by atoms with Crippen LogP contribution in [0.2, 0.25) is 0 Å². The first-order valence-electron chi connectivity index (χ1n) is 7.02. The van der Waals surface area contributed by atoms with Crippen LogP contribution in [0.1, 0.15) is 45.1 Å². The van der Waals surface area contributed by atoms with Gasteiger partial charge in [0.05, 0.1) is 0 Å². The van der Waals surface area contributed by atoms with Crippen molar-refractivity contribution in [1.82, 2.24) is 0 Å². The number of benzene rings is 1. The van der Waals surface area contributed by atoms with Crippen molar-refractivity contribution in [2.75, 3.05) is 0 Å². The average Bonchev–Trinajstić information content (AvgIpc) is 2.32. The van der Waals surface area contributed by atoms with Crippen molar-refractivity contribution in [3.8, 4) is 0 Å². The molecule has 0 atom stereocenters. The Bertz CT molecular complexity index is 392. The Kier molecular flexibility index (Phi) is 4.06. The summed E-state index contributed by atoms with van der Waals surface area (Å²) in [5.41, 5.74) is 7.02. The maximum atomic E-state index is 13.7. The molecule has 0 spiro atoms. The minimum atomic E-state index is -0.201. The van der Waals surface area contributed by atoms with Gasteiger partial charge in [0.2, 0.25) is 0 Å². The van der Waals surface area contributed by atoms with Crippen molar-refractivity contribution in [3.63, 3.8) is 0 Å². The molecule has 1 fully saturated rings. The van der Waals surface area contributed by atoms with E-state index < -0.39 is 0 Å². The van der Waals surface area contributed by atoms with E-state index in [1.807, 2.05) is 12.1 Å². The zero-order valence-corrected chi connectivity index (χ0v) is 11.5. The molecule has 0 heterocycles. The monoisotopic (exact) mass is 249 g/mol. The van der Waals surface area contributed by atoms with Gasteiger partial charge in [0.1, 0.15) is 5.82 Å². The molecule has 0 bridgehead atoms. The minimum Gasteiger partial charge on any atom is -0.325 e. The molecule has 100 valence electrons. The fourth-order valence-electron chi connectivity index (χ4n) is 3.08. The van der Waals surface area contributed by atoms with Gasteiger partial charge in [-0.3, -0.25) is 0 Å². The highest BCUT2D eigenvalue weighted by atomic mass is 19.1. The van der Waals surface area contributed by atoms with Gasteiger partial charge in [-0.15, -0.1) is 0 Å². The molecular weight excluding hydrogens is 225 g/mol. The van der Waals surface area contributed by atoms with Crippen LogP contribution in [-0.4, -0.2) is 5.54 Å². The van der Waals surface area contributed by atoms with Crippen LogP contribution in [0.4, 0.5) is 4.39 Å². The Morgan fingerprint density at radius 1 is 1.28 bits per heavy atom. The standard InChI is InChI=1S/C16H24FN/c1-12(2)13-7-9-16(18,10-8-13)11-14-5-3-4-6-15(14)17/h3-6,12-13H,7-11,18H2,1-2H3. The van der Waals surface area contributed by atoms with Gasteiger partial charge >= 0.3 is 0 Å². The molecule has 1 aromatic rings. The second-order valence-electron chi connectivity index (χ2n) is 6.21. The molecule has 0 unspecified atom stereocenters. The SMILES string of the molecule is CC(C)C1CCC(N)(Cc2ccccc2F)CC1. The molecule has 0 saturated heterocycles. The van der Waals surface area contributed by atoms with E-state index in [-0.39, 0.29) is 11.4 Å². The normalized spacial score (nSPS) is 28.6. The lowest BCUT2D eigenvalue weighted by atomic mass is 9.71. The summed E-state index contributed by atoms with van der Waals surface area (Å²) in [7, 11) is 0. The maximum Gasteiger partial charge on any atom is 0.126 e. The van der Waals surface area contributed by atoms with Crippen LogP contribution in [0.25, 0.3) is 0 Å². The topological polar surface area (TPSA) is 26.0 Å². The van der Waals surface area contributed by atoms with Crippen LogP contribution < -0.4 is 5.73 Å². The van der Waals surface area contributed by atoms with Gasteiger partial charge in [-0.05, 0) is 55.6 Å². The Hall–Kier alpha value is -0.890. The molecule has 2 heteroatoms. The quantitative estimate of drug-likeness (QED) is 0.863. The Balaban J connectivity index is 2.00. The molecule has 0 aromatic heterocycles. The van der Waals surface area contributed by atoms with Gasteiger partial charge in [-0.2, -0.15) is 0 Å². The van der Waals surface area contributed by atoms with Crippen molar-refractivity contribution in [2.45, 2.75) is 51.5 Å². The van der Waals surface area contributed by atoms with E-state index >= 15 is 0 Å². The van der Waals surface area contributed by atoms with E-state index in [2.05, 4.69) is 13.8 Å². The van der Waals surface area contributed by atoms with E-state index in [1.54, 1.807) is 6.07 Å². The molecule has 1 nitrogen and oxygen atoms in total. The number of hydrogen-bond acceptors (Lipinski definition) is 1. The van der Waals surface area contributed by atoms with Gasteiger partial charge in [0, 0.05) is 5.54 Å². The summed E-state index contributed by atoms with van der Waals surface area (Å²) in [5.74, 6) is 1.42. The van der Waals surface area contributed by atoms with Crippen molar-refractivity contribution in [1.29, 1.82) is 0 Å². The molecule has 18 heavy (non-hydrogen) atoms. The molecular formula is C16H24FN. The fraction of sp³-hybridized carbons (Fsp3) is 0.625. The van der Waals surface area contributed by atoms with Gasteiger partial charge in [-0.1, -0.05) is 32.0 Å². The molecule has 2 rings (SSSR count). The third-order valence-electron chi connectivity index (χ3n) is 4.47. The second kappa shape index (κ2) is 5.40. The predicted octanol–water partition coefficient (Wildman–Crippen LogP) is 3.91. The van der Waals surface area contributed by atoms with Gasteiger partial charge < -0.3 is 5.73 Å². The molecule has 1 aliphatic rings. The molecule has 0 aliphatic heterocycles. The lowest BCUT2D eigenvalue weighted by Crippen LogP contribution is -2.46. The Morgan fingerprint density at radius 2 is 1.89 bits per heavy atom. The molecule has 2 N–H and O–H groups in total. The summed E-state index contributed by atoms with van der Waals surface area (Å²) < 4.78 is 13.7. The number of nitrogens with two attached hydrogens (primary N) is 1. The lowest BCUT2D eigenvalue weighted by Gasteiger charge is -2.38. The van der Waals surface area contributed by atoms with E-state index in [1.165, 1.54) is 18.9 Å². The summed E-state index contributed by atoms with van der Waals surface area (Å²) in [6.07, 6.45) is 5.07. The highest BCUT2D eigenvalue weighted by Gasteiger charge is 2.33. The lowest BCUT2D eigenvalue weighted by molar-refractivity contribution is 0.193. The van der Waals surface area contributed by atoms with Crippen LogP contribution in [0.3, 0.4) is 0 Å². The highest BCUT2D eigenvalue weighted by Crippen LogP contribution is 2.36. The van der Waals surface area contributed by atoms with Gasteiger partial charge in [-0.25, -0.2) is 4.39 Å². The Morgan fingerprint density at radius 3 is 2.44 bits per heavy atom. The summed E-state index contributed by atoms with van der Waals surface area (Å²) >= 11 is 0. The average molecular weight is 249 g/mol. The summed E-state index contributed by atoms with van der Waals surface area (Å²) in [5, 5.41) is 0. The van der Waals surface area contributed by atoms with Crippen LogP contribution in [0.15, 0.2) is 24.3 Å². The zero-order valence-electron chi connectivity index (χ0n) is 11.5. The molecule has 1 aromatic carbocycles. The fourth-order valence-corrected chi connectivity index (χ4v) is 3.08. The van der Waals surface area contributed by atoms with Crippen molar-refractivity contribution < 1.29 is 4.39 Å². The maximum absolute atomic E-state index is 13.7. The number of rotatable bonds is 3. The smallest absolute Gasteiger partial charge is 0.126 e. The van der Waals surface area contributed by atoms with E-state index in [0.29, 0.717) is 6.42 Å². The highest BCUT2D eigenvalue weighted by molar-refractivity contribution is 5.20. The minimum absolute atomic E-state index is 0.117. The van der Waals surface area contributed by atoms with Crippen molar-refractivity contribution in [3.05, 3.63) is 35.6 Å². The first kappa shape index (κ1) is 13.5. The Labute approximate surface area is 110 Å². The van der Waals surface area contributed by atoms with Crippen LogP contribution >= 0.6 is 0 Å². The van der Waals surface area contributed by atoms with Crippen LogP contribution in [0, 0.1) is 17.7 Å². The third-order valence-corrected chi connectivity index (χ3v) is 4.47. The first-order valence-corrected chi connectivity index (χ1v) is 7.02. The zero-order chi connectivity index (χ0) is 13.2. The molecule has 1 aliphatic carbocycles. The molecule has 1 saturated carbocycles. The largest absolute Gasteiger partial charge is 0.325 e. The summed E-state index contributed by atoms with van der Waals surface area (Å²) in [6, 6.07) is 7.01. The van der Waals surface area contributed by atoms with Crippen molar-refractivity contribution in [2.24, 2.45) is 17.6 Å². The van der Waals surface area contributed by atoms with E-state index in [0.717, 1.165) is 30.2 Å². The second-order valence-corrected chi connectivity index (χ2v) is 6.21. The predicted molar refractivity (Wildman–Crippen MR) is 73.8 cm³/mol. The van der Waals surface area contributed by atoms with Crippen LogP contribution in [-0.2, 0) is 6.42 Å². The number of hydrogen-bond donors (Lipinski definition) is 1. The van der Waals surface area contributed by atoms with Crippen LogP contribution in [0.5, 0.6) is 0 Å². The number of halogens is 1. The van der Waals surface area contributed by atoms with E-state index in [9.17, 15) is 4.39 Å². The third kappa shape index (κ3) is 3.11.